The van der Waals surface area contributed by atoms with Crippen molar-refractivity contribution in [2.24, 2.45) is 0 Å². The molecule has 2 aromatic carbocycles. The number of hydrogen-bond acceptors (Lipinski definition) is 4. The van der Waals surface area contributed by atoms with E-state index in [4.69, 9.17) is 0 Å². The van der Waals surface area contributed by atoms with Gasteiger partial charge in [0.2, 0.25) is 0 Å². The number of likely N-dealkylation sites (tertiary alicyclic amines) is 1. The molecule has 1 amide bonds. The zero-order valence-corrected chi connectivity index (χ0v) is 16.9. The average molecular weight is 449 g/mol. The molecule has 1 aliphatic heterocycles. The van der Waals surface area contributed by atoms with E-state index in [0.717, 1.165) is 15.6 Å². The topological polar surface area (TPSA) is 70.5 Å². The molecular weight excluding hydrogens is 432 g/mol. The normalized spacial score (nSPS) is 18.2. The summed E-state index contributed by atoms with van der Waals surface area (Å²) in [6.07, 6.45) is 3.31. The van der Waals surface area contributed by atoms with E-state index >= 15 is 0 Å². The van der Waals surface area contributed by atoms with Gasteiger partial charge in [-0.1, -0.05) is 64.5 Å². The smallest absolute Gasteiger partial charge is 0.295 e. The number of halogens is 1. The summed E-state index contributed by atoms with van der Waals surface area (Å²) in [6, 6.07) is 19.1. The molecule has 1 fully saturated rings. The first-order chi connectivity index (χ1) is 14.1. The van der Waals surface area contributed by atoms with Crippen LogP contribution in [0, 0.1) is 0 Å². The lowest BCUT2D eigenvalue weighted by Crippen LogP contribution is -2.29. The Morgan fingerprint density at radius 2 is 1.72 bits per heavy atom. The van der Waals surface area contributed by atoms with Gasteiger partial charge in [0, 0.05) is 29.0 Å². The van der Waals surface area contributed by atoms with E-state index in [1.807, 2.05) is 36.4 Å². The van der Waals surface area contributed by atoms with Crippen LogP contribution in [0.25, 0.3) is 5.76 Å². The maximum absolute atomic E-state index is 12.9. The summed E-state index contributed by atoms with van der Waals surface area (Å²) < 4.78 is 0.883. The molecule has 0 radical (unpaired) electrons. The molecule has 2 heterocycles. The largest absolute Gasteiger partial charge is 0.507 e. The molecule has 0 spiro atoms. The predicted octanol–water partition coefficient (Wildman–Crippen LogP) is 4.47. The highest BCUT2D eigenvalue weighted by Gasteiger charge is 2.46. The lowest BCUT2D eigenvalue weighted by atomic mass is 9.95. The van der Waals surface area contributed by atoms with Crippen molar-refractivity contribution in [3.63, 3.8) is 0 Å². The predicted molar refractivity (Wildman–Crippen MR) is 113 cm³/mol. The van der Waals surface area contributed by atoms with Crippen LogP contribution in [0.15, 0.2) is 89.2 Å². The quantitative estimate of drug-likeness (QED) is 0.363. The Hall–Kier alpha value is -3.25. The second kappa shape index (κ2) is 8.01. The van der Waals surface area contributed by atoms with Crippen molar-refractivity contribution in [2.75, 3.05) is 0 Å². The van der Waals surface area contributed by atoms with E-state index in [-0.39, 0.29) is 17.9 Å². The Morgan fingerprint density at radius 3 is 2.38 bits per heavy atom. The van der Waals surface area contributed by atoms with Gasteiger partial charge in [0.25, 0.3) is 11.7 Å². The van der Waals surface area contributed by atoms with Gasteiger partial charge in [-0.3, -0.25) is 14.6 Å². The fourth-order valence-electron chi connectivity index (χ4n) is 3.47. The van der Waals surface area contributed by atoms with Crippen molar-refractivity contribution in [3.8, 4) is 0 Å². The Kier molecular flexibility index (Phi) is 5.27. The summed E-state index contributed by atoms with van der Waals surface area (Å²) in [7, 11) is 0. The van der Waals surface area contributed by atoms with Gasteiger partial charge in [-0.15, -0.1) is 0 Å². The van der Waals surface area contributed by atoms with Crippen LogP contribution in [0.5, 0.6) is 0 Å². The minimum Gasteiger partial charge on any atom is -0.507 e. The molecule has 6 heteroatoms. The Bertz CT molecular complexity index is 1080. The lowest BCUT2D eigenvalue weighted by molar-refractivity contribution is -0.140. The van der Waals surface area contributed by atoms with Crippen molar-refractivity contribution in [1.82, 2.24) is 9.88 Å². The third-order valence-electron chi connectivity index (χ3n) is 4.85. The molecule has 144 valence electrons. The maximum atomic E-state index is 12.9. The number of nitrogens with zero attached hydrogens (tertiary/aromatic N) is 2. The number of ketones is 1. The number of aliphatic hydroxyl groups is 1. The van der Waals surface area contributed by atoms with Gasteiger partial charge in [-0.25, -0.2) is 0 Å². The van der Waals surface area contributed by atoms with Gasteiger partial charge in [0.15, 0.2) is 0 Å². The molecule has 1 unspecified atom stereocenters. The molecule has 0 aliphatic carbocycles. The van der Waals surface area contributed by atoms with Crippen LogP contribution >= 0.6 is 15.9 Å². The van der Waals surface area contributed by atoms with Crippen molar-refractivity contribution in [2.45, 2.75) is 12.6 Å². The van der Waals surface area contributed by atoms with Gasteiger partial charge in [-0.05, 0) is 29.3 Å². The fraction of sp³-hybridized carbons (Fsp3) is 0.0870. The molecule has 29 heavy (non-hydrogen) atoms. The number of pyridine rings is 1. The molecular formula is C23H17BrN2O3. The van der Waals surface area contributed by atoms with Crippen molar-refractivity contribution in [3.05, 3.63) is 106 Å². The molecule has 5 nitrogen and oxygen atoms in total. The molecule has 0 saturated carbocycles. The molecule has 1 aromatic heterocycles. The van der Waals surface area contributed by atoms with Crippen molar-refractivity contribution >= 4 is 33.4 Å². The van der Waals surface area contributed by atoms with Gasteiger partial charge in [0.1, 0.15) is 5.76 Å². The summed E-state index contributed by atoms with van der Waals surface area (Å²) in [4.78, 5) is 31.4. The SMILES string of the molecule is O=C1C(=O)N(Cc2cccnc2)C(c2ccc(Br)cc2)/C1=C(/O)c1ccccc1. The van der Waals surface area contributed by atoms with Crippen LogP contribution in [0.3, 0.4) is 0 Å². The number of amides is 1. The van der Waals surface area contributed by atoms with Crippen LogP contribution in [0.1, 0.15) is 22.7 Å². The monoisotopic (exact) mass is 448 g/mol. The first kappa shape index (κ1) is 19.1. The molecule has 0 bridgehead atoms. The first-order valence-electron chi connectivity index (χ1n) is 9.04. The third kappa shape index (κ3) is 3.71. The van der Waals surface area contributed by atoms with E-state index in [2.05, 4.69) is 20.9 Å². The number of hydrogen-bond donors (Lipinski definition) is 1. The van der Waals surface area contributed by atoms with Gasteiger partial charge >= 0.3 is 0 Å². The van der Waals surface area contributed by atoms with E-state index in [9.17, 15) is 14.7 Å². The highest BCUT2D eigenvalue weighted by molar-refractivity contribution is 9.10. The zero-order chi connectivity index (χ0) is 20.4. The van der Waals surface area contributed by atoms with Crippen molar-refractivity contribution < 1.29 is 14.7 Å². The maximum Gasteiger partial charge on any atom is 0.295 e. The zero-order valence-electron chi connectivity index (χ0n) is 15.3. The molecule has 1 saturated heterocycles. The second-order valence-corrected chi connectivity index (χ2v) is 7.62. The number of Topliss-reactive ketones (excluding diaryl/α,β-unsaturated/α-hetero) is 1. The standard InChI is InChI=1S/C23H17BrN2O3/c24-18-10-8-16(9-11-18)20-19(21(27)17-6-2-1-3-7-17)22(28)23(29)26(20)14-15-5-4-12-25-13-15/h1-13,20,27H,14H2/b21-19-. The van der Waals surface area contributed by atoms with E-state index < -0.39 is 17.7 Å². The number of carbonyl (C=O) groups is 2. The van der Waals surface area contributed by atoms with Gasteiger partial charge in [-0.2, -0.15) is 0 Å². The minimum atomic E-state index is -0.692. The molecule has 1 N–H and O–H groups in total. The summed E-state index contributed by atoms with van der Waals surface area (Å²) in [6.45, 7) is 0.213. The number of rotatable bonds is 4. The van der Waals surface area contributed by atoms with Gasteiger partial charge < -0.3 is 10.0 Å². The Labute approximate surface area is 176 Å². The van der Waals surface area contributed by atoms with Crippen LogP contribution in [0.4, 0.5) is 0 Å². The fourth-order valence-corrected chi connectivity index (χ4v) is 3.74. The van der Waals surface area contributed by atoms with E-state index in [1.165, 1.54) is 4.90 Å². The van der Waals surface area contributed by atoms with E-state index in [0.29, 0.717) is 5.56 Å². The van der Waals surface area contributed by atoms with Gasteiger partial charge in [0.05, 0.1) is 11.6 Å². The summed E-state index contributed by atoms with van der Waals surface area (Å²) in [5.74, 6) is -1.51. The molecule has 4 rings (SSSR count). The highest BCUT2D eigenvalue weighted by atomic mass is 79.9. The van der Waals surface area contributed by atoms with Crippen LogP contribution in [-0.4, -0.2) is 26.7 Å². The second-order valence-electron chi connectivity index (χ2n) is 6.71. The number of carbonyl (C=O) groups excluding carboxylic acids is 2. The summed E-state index contributed by atoms with van der Waals surface area (Å²) in [5.41, 5.74) is 2.13. The molecule has 3 aromatic rings. The molecule has 1 aliphatic rings. The van der Waals surface area contributed by atoms with Crippen molar-refractivity contribution in [1.29, 1.82) is 0 Å². The average Bonchev–Trinajstić information content (AvgIpc) is 3.00. The molecule has 1 atom stereocenters. The summed E-state index contributed by atoms with van der Waals surface area (Å²) >= 11 is 3.41. The minimum absolute atomic E-state index is 0.0902. The number of benzene rings is 2. The summed E-state index contributed by atoms with van der Waals surface area (Å²) in [5, 5.41) is 10.9. The highest BCUT2D eigenvalue weighted by Crippen LogP contribution is 2.40. The van der Waals surface area contributed by atoms with E-state index in [1.54, 1.807) is 42.7 Å². The van der Waals surface area contributed by atoms with Crippen LogP contribution in [0.2, 0.25) is 0 Å². The Balaban J connectivity index is 1.86. The Morgan fingerprint density at radius 1 is 1.00 bits per heavy atom. The number of aromatic nitrogens is 1. The van der Waals surface area contributed by atoms with Crippen LogP contribution < -0.4 is 0 Å². The third-order valence-corrected chi connectivity index (χ3v) is 5.38. The first-order valence-corrected chi connectivity index (χ1v) is 9.84. The van der Waals surface area contributed by atoms with Crippen LogP contribution in [-0.2, 0) is 16.1 Å². The number of aliphatic hydroxyl groups excluding tert-OH is 1. The lowest BCUT2D eigenvalue weighted by Gasteiger charge is -2.25.